The van der Waals surface area contributed by atoms with Gasteiger partial charge in [-0.2, -0.15) is 27.1 Å². The highest BCUT2D eigenvalue weighted by Crippen LogP contribution is 2.42. The minimum absolute atomic E-state index is 0.0303. The molecule has 6 rings (SSSR count). The van der Waals surface area contributed by atoms with E-state index in [1.54, 1.807) is 0 Å². The van der Waals surface area contributed by atoms with E-state index in [1.165, 1.54) is 72.8 Å². The normalized spacial score (nSPS) is 12.7. The fraction of sp³-hybridized carbons (Fsp3) is 0. The van der Waals surface area contributed by atoms with Crippen molar-refractivity contribution in [3.63, 3.8) is 0 Å². The number of aromatic hydroxyl groups is 2. The lowest BCUT2D eigenvalue weighted by molar-refractivity contribution is 0.470. The molecule has 0 heterocycles. The molecule has 16 nitrogen and oxygen atoms in total. The molecular weight excluding hydrogens is 725 g/mol. The maximum Gasteiger partial charge on any atom is 0.294 e. The number of sulfone groups is 1. The van der Waals surface area contributed by atoms with Crippen LogP contribution >= 0.6 is 0 Å². The fourth-order valence-electron chi connectivity index (χ4n) is 5.12. The summed E-state index contributed by atoms with van der Waals surface area (Å²) in [7, 11) is -13.4. The van der Waals surface area contributed by atoms with Crippen LogP contribution in [0.3, 0.4) is 0 Å². The second-order valence-corrected chi connectivity index (χ2v) is 15.7. The zero-order chi connectivity index (χ0) is 36.9. The van der Waals surface area contributed by atoms with E-state index in [1.807, 2.05) is 0 Å². The van der Waals surface area contributed by atoms with Gasteiger partial charge in [0, 0.05) is 12.1 Å². The lowest BCUT2D eigenvalue weighted by Crippen LogP contribution is -2.01. The predicted molar refractivity (Wildman–Crippen MR) is 186 cm³/mol. The first-order valence-electron chi connectivity index (χ1n) is 14.3. The molecule has 0 spiro atoms. The Labute approximate surface area is 289 Å². The Bertz CT molecular complexity index is 2640. The van der Waals surface area contributed by atoms with Crippen molar-refractivity contribution < 1.29 is 44.6 Å². The van der Waals surface area contributed by atoms with Gasteiger partial charge in [-0.25, -0.2) is 8.42 Å². The summed E-state index contributed by atoms with van der Waals surface area (Å²) in [5.41, 5.74) is 12.4. The van der Waals surface area contributed by atoms with E-state index < -0.39 is 51.4 Å². The standard InChI is InChI=1S/C32H24N6O10S3/c33-25-9-7-17-11-23(50(43,44)45)15-27(39)29(17)31(25)37-35-19-3-1-5-21(13-19)49(41,42)22-6-2-4-20(14-22)36-38-32-26(34)10-8-18-12-24(51(46,47)48)16-28(40)30(18)32/h1-16,39-40H,33-34H2,(H,43,44,45)(H,46,47,48)/b37-35+,38-36+. The van der Waals surface area contributed by atoms with Crippen LogP contribution in [-0.2, 0) is 30.1 Å². The Morgan fingerprint density at radius 2 is 0.863 bits per heavy atom. The number of phenols is 2. The maximum absolute atomic E-state index is 13.7. The van der Waals surface area contributed by atoms with Crippen LogP contribution in [0.4, 0.5) is 34.1 Å². The number of hydrogen-bond acceptors (Lipinski definition) is 14. The van der Waals surface area contributed by atoms with Gasteiger partial charge in [-0.15, -0.1) is 10.2 Å². The van der Waals surface area contributed by atoms with Crippen molar-refractivity contribution >= 4 is 85.7 Å². The molecule has 0 aromatic heterocycles. The lowest BCUT2D eigenvalue weighted by atomic mass is 10.1. The van der Waals surface area contributed by atoms with Gasteiger partial charge in [0.05, 0.1) is 53.1 Å². The van der Waals surface area contributed by atoms with Crippen molar-refractivity contribution in [3.8, 4) is 11.5 Å². The van der Waals surface area contributed by atoms with Gasteiger partial charge in [0.25, 0.3) is 20.2 Å². The van der Waals surface area contributed by atoms with Crippen LogP contribution in [-0.4, -0.2) is 44.6 Å². The molecule has 0 saturated heterocycles. The van der Waals surface area contributed by atoms with Crippen LogP contribution in [0.25, 0.3) is 21.5 Å². The molecule has 0 radical (unpaired) electrons. The van der Waals surface area contributed by atoms with Crippen molar-refractivity contribution in [2.24, 2.45) is 20.5 Å². The zero-order valence-corrected chi connectivity index (χ0v) is 28.1. The minimum atomic E-state index is -4.62. The molecular formula is C32H24N6O10S3. The van der Waals surface area contributed by atoms with Gasteiger partial charge in [0.2, 0.25) is 9.84 Å². The largest absolute Gasteiger partial charge is 0.507 e. The predicted octanol–water partition coefficient (Wildman–Crippen LogP) is 6.73. The first-order chi connectivity index (χ1) is 23.9. The summed E-state index contributed by atoms with van der Waals surface area (Å²) in [6.07, 6.45) is 0. The summed E-state index contributed by atoms with van der Waals surface area (Å²) in [5.74, 6) is -1.08. The van der Waals surface area contributed by atoms with Gasteiger partial charge < -0.3 is 21.7 Å². The number of phenolic OH excluding ortho intramolecular Hbond substituents is 2. The number of anilines is 2. The molecule has 0 bridgehead atoms. The van der Waals surface area contributed by atoms with Gasteiger partial charge in [0.15, 0.2) is 0 Å². The molecule has 0 unspecified atom stereocenters. The van der Waals surface area contributed by atoms with Crippen LogP contribution in [0.2, 0.25) is 0 Å². The van der Waals surface area contributed by atoms with E-state index in [2.05, 4.69) is 20.5 Å². The maximum atomic E-state index is 13.7. The van der Waals surface area contributed by atoms with E-state index in [0.29, 0.717) is 0 Å². The van der Waals surface area contributed by atoms with Crippen molar-refractivity contribution in [1.29, 1.82) is 0 Å². The number of nitrogens with zero attached hydrogens (tertiary/aromatic N) is 4. The number of hydrogen-bond donors (Lipinski definition) is 6. The summed E-state index contributed by atoms with van der Waals surface area (Å²) < 4.78 is 92.5. The van der Waals surface area contributed by atoms with E-state index in [9.17, 15) is 44.6 Å². The van der Waals surface area contributed by atoms with E-state index in [-0.39, 0.29) is 65.5 Å². The van der Waals surface area contributed by atoms with Crippen molar-refractivity contribution in [2.75, 3.05) is 11.5 Å². The molecule has 0 saturated carbocycles. The zero-order valence-electron chi connectivity index (χ0n) is 25.6. The Morgan fingerprint density at radius 1 is 0.471 bits per heavy atom. The summed E-state index contributed by atoms with van der Waals surface area (Å²) in [4.78, 5) is -1.43. The van der Waals surface area contributed by atoms with Gasteiger partial charge in [0.1, 0.15) is 22.9 Å². The first-order valence-corrected chi connectivity index (χ1v) is 18.6. The molecule has 0 fully saturated rings. The minimum Gasteiger partial charge on any atom is -0.507 e. The second-order valence-electron chi connectivity index (χ2n) is 10.9. The third kappa shape index (κ3) is 6.91. The average molecular weight is 749 g/mol. The third-order valence-corrected chi connectivity index (χ3v) is 10.9. The smallest absolute Gasteiger partial charge is 0.294 e. The Morgan fingerprint density at radius 3 is 1.24 bits per heavy atom. The number of nitrogen functional groups attached to an aromatic ring is 2. The molecule has 0 aliphatic heterocycles. The molecule has 0 atom stereocenters. The topological polar surface area (TPSA) is 285 Å². The van der Waals surface area contributed by atoms with E-state index in [0.717, 1.165) is 24.3 Å². The van der Waals surface area contributed by atoms with Gasteiger partial charge in [-0.05, 0) is 71.4 Å². The number of fused-ring (bicyclic) bond motifs is 2. The second kappa shape index (κ2) is 12.7. The van der Waals surface area contributed by atoms with Crippen LogP contribution in [0.5, 0.6) is 11.5 Å². The van der Waals surface area contributed by atoms with Gasteiger partial charge in [-0.1, -0.05) is 24.3 Å². The summed E-state index contributed by atoms with van der Waals surface area (Å²) >= 11 is 0. The Hall–Kier alpha value is -5.99. The van der Waals surface area contributed by atoms with Crippen LogP contribution in [0, 0.1) is 0 Å². The highest BCUT2D eigenvalue weighted by Gasteiger charge is 2.21. The van der Waals surface area contributed by atoms with Gasteiger partial charge in [-0.3, -0.25) is 9.11 Å². The average Bonchev–Trinajstić information content (AvgIpc) is 3.07. The van der Waals surface area contributed by atoms with Crippen molar-refractivity contribution in [3.05, 3.63) is 97.1 Å². The van der Waals surface area contributed by atoms with Crippen LogP contribution in [0.1, 0.15) is 0 Å². The summed E-state index contributed by atoms with van der Waals surface area (Å²) in [6, 6.07) is 20.5. The highest BCUT2D eigenvalue weighted by atomic mass is 32.2. The molecule has 6 aromatic carbocycles. The molecule has 0 aliphatic rings. The summed E-state index contributed by atoms with van der Waals surface area (Å²) in [6.45, 7) is 0. The number of nitrogens with two attached hydrogens (primary N) is 2. The van der Waals surface area contributed by atoms with E-state index >= 15 is 0 Å². The van der Waals surface area contributed by atoms with Gasteiger partial charge >= 0.3 is 0 Å². The molecule has 51 heavy (non-hydrogen) atoms. The molecule has 0 aliphatic carbocycles. The Kier molecular flexibility index (Phi) is 8.69. The van der Waals surface area contributed by atoms with Crippen LogP contribution < -0.4 is 11.5 Å². The van der Waals surface area contributed by atoms with Crippen molar-refractivity contribution in [1.82, 2.24) is 0 Å². The van der Waals surface area contributed by atoms with Crippen LogP contribution in [0.15, 0.2) is 137 Å². The number of azo groups is 2. The molecule has 19 heteroatoms. The molecule has 8 N–H and O–H groups in total. The quantitative estimate of drug-likeness (QED) is 0.0537. The SMILES string of the molecule is Nc1ccc2cc(S(=O)(=O)O)cc(O)c2c1/N=N/c1cccc(S(=O)(=O)c2cccc(/N=N/c3c(N)ccc4cc(S(=O)(=O)O)cc(O)c34)c2)c1. The highest BCUT2D eigenvalue weighted by molar-refractivity contribution is 7.91. The Balaban J connectivity index is 1.32. The number of rotatable bonds is 8. The lowest BCUT2D eigenvalue weighted by Gasteiger charge is -2.09. The molecule has 260 valence electrons. The fourth-order valence-corrected chi connectivity index (χ4v) is 7.53. The molecule has 0 amide bonds. The number of benzene rings is 6. The van der Waals surface area contributed by atoms with E-state index in [4.69, 9.17) is 11.5 Å². The summed E-state index contributed by atoms with van der Waals surface area (Å²) in [5, 5.41) is 38.0. The monoisotopic (exact) mass is 748 g/mol. The molecule has 6 aromatic rings. The third-order valence-electron chi connectivity index (χ3n) is 7.53. The van der Waals surface area contributed by atoms with Crippen molar-refractivity contribution in [2.45, 2.75) is 19.6 Å². The first kappa shape index (κ1) is 34.9.